The van der Waals surface area contributed by atoms with Crippen molar-refractivity contribution >= 4 is 0 Å². The van der Waals surface area contributed by atoms with Crippen LogP contribution in [-0.2, 0) is 10.3 Å². The van der Waals surface area contributed by atoms with Crippen LogP contribution in [0.3, 0.4) is 0 Å². The normalized spacial score (nSPS) is 16.9. The SMILES string of the molecule is CCC(C)(OC)c1ncc([C@H](C)N)c(C)n1. The lowest BCUT2D eigenvalue weighted by atomic mass is 10.0. The van der Waals surface area contributed by atoms with Gasteiger partial charge in [0.2, 0.25) is 0 Å². The van der Waals surface area contributed by atoms with Crippen molar-refractivity contribution in [2.24, 2.45) is 5.73 Å². The van der Waals surface area contributed by atoms with Crippen molar-refractivity contribution in [3.63, 3.8) is 0 Å². The maximum absolute atomic E-state index is 5.83. The summed E-state index contributed by atoms with van der Waals surface area (Å²) < 4.78 is 5.47. The Morgan fingerprint density at radius 1 is 1.56 bits per heavy atom. The first-order valence-electron chi connectivity index (χ1n) is 5.59. The summed E-state index contributed by atoms with van der Waals surface area (Å²) >= 11 is 0. The Morgan fingerprint density at radius 3 is 2.56 bits per heavy atom. The molecule has 0 spiro atoms. The number of nitrogens with zero attached hydrogens (tertiary/aromatic N) is 2. The second-order valence-corrected chi connectivity index (χ2v) is 4.31. The van der Waals surface area contributed by atoms with E-state index >= 15 is 0 Å². The lowest BCUT2D eigenvalue weighted by Crippen LogP contribution is -2.27. The first-order valence-corrected chi connectivity index (χ1v) is 5.59. The molecule has 0 fully saturated rings. The summed E-state index contributed by atoms with van der Waals surface area (Å²) in [7, 11) is 1.68. The van der Waals surface area contributed by atoms with Crippen molar-refractivity contribution in [1.82, 2.24) is 9.97 Å². The van der Waals surface area contributed by atoms with E-state index in [4.69, 9.17) is 10.5 Å². The molecule has 1 heterocycles. The van der Waals surface area contributed by atoms with Crippen LogP contribution in [-0.4, -0.2) is 17.1 Å². The van der Waals surface area contributed by atoms with E-state index in [0.717, 1.165) is 23.5 Å². The molecule has 90 valence electrons. The number of nitrogens with two attached hydrogens (primary N) is 1. The monoisotopic (exact) mass is 223 g/mol. The molecule has 0 aromatic carbocycles. The number of hydrogen-bond donors (Lipinski definition) is 1. The molecule has 1 aromatic heterocycles. The Balaban J connectivity index is 3.15. The fraction of sp³-hybridized carbons (Fsp3) is 0.667. The van der Waals surface area contributed by atoms with E-state index in [2.05, 4.69) is 16.9 Å². The molecule has 0 bridgehead atoms. The van der Waals surface area contributed by atoms with Gasteiger partial charge in [-0.3, -0.25) is 0 Å². The number of aromatic nitrogens is 2. The predicted molar refractivity (Wildman–Crippen MR) is 64.0 cm³/mol. The van der Waals surface area contributed by atoms with Crippen LogP contribution in [0, 0.1) is 6.92 Å². The van der Waals surface area contributed by atoms with E-state index in [-0.39, 0.29) is 6.04 Å². The molecule has 1 unspecified atom stereocenters. The molecule has 0 aliphatic rings. The third-order valence-electron chi connectivity index (χ3n) is 3.11. The maximum Gasteiger partial charge on any atom is 0.160 e. The van der Waals surface area contributed by atoms with Crippen LogP contribution in [0.2, 0.25) is 0 Å². The van der Waals surface area contributed by atoms with Gasteiger partial charge < -0.3 is 10.5 Å². The number of ether oxygens (including phenoxy) is 1. The van der Waals surface area contributed by atoms with Gasteiger partial charge in [-0.1, -0.05) is 6.92 Å². The molecule has 0 saturated carbocycles. The molecule has 2 N–H and O–H groups in total. The van der Waals surface area contributed by atoms with Gasteiger partial charge in [0.1, 0.15) is 5.60 Å². The van der Waals surface area contributed by atoms with Crippen LogP contribution in [0.1, 0.15) is 50.3 Å². The minimum Gasteiger partial charge on any atom is -0.371 e. The molecule has 2 atom stereocenters. The van der Waals surface area contributed by atoms with Crippen molar-refractivity contribution in [3.8, 4) is 0 Å². The Bertz CT molecular complexity index is 359. The van der Waals surface area contributed by atoms with Crippen LogP contribution in [0.25, 0.3) is 0 Å². The Hall–Kier alpha value is -1.00. The van der Waals surface area contributed by atoms with Gasteiger partial charge in [-0.25, -0.2) is 9.97 Å². The highest BCUT2D eigenvalue weighted by atomic mass is 16.5. The molecule has 0 aliphatic heterocycles. The molecule has 4 nitrogen and oxygen atoms in total. The third-order valence-corrected chi connectivity index (χ3v) is 3.11. The molecule has 0 radical (unpaired) electrons. The number of aryl methyl sites for hydroxylation is 1. The van der Waals surface area contributed by atoms with Gasteiger partial charge in [0, 0.05) is 30.6 Å². The minimum absolute atomic E-state index is 0.0375. The molecule has 0 saturated heterocycles. The average molecular weight is 223 g/mol. The summed E-state index contributed by atoms with van der Waals surface area (Å²) in [6.45, 7) is 7.94. The van der Waals surface area contributed by atoms with Crippen molar-refractivity contribution < 1.29 is 4.74 Å². The molecule has 1 rings (SSSR count). The van der Waals surface area contributed by atoms with Crippen LogP contribution in [0.15, 0.2) is 6.20 Å². The smallest absolute Gasteiger partial charge is 0.160 e. The summed E-state index contributed by atoms with van der Waals surface area (Å²) in [5.74, 6) is 0.722. The Morgan fingerprint density at radius 2 is 2.19 bits per heavy atom. The third kappa shape index (κ3) is 2.39. The summed E-state index contributed by atoms with van der Waals surface area (Å²) in [5.41, 5.74) is 7.32. The highest BCUT2D eigenvalue weighted by molar-refractivity contribution is 5.20. The van der Waals surface area contributed by atoms with Gasteiger partial charge >= 0.3 is 0 Å². The number of hydrogen-bond acceptors (Lipinski definition) is 4. The highest BCUT2D eigenvalue weighted by Crippen LogP contribution is 2.26. The summed E-state index contributed by atoms with van der Waals surface area (Å²) in [4.78, 5) is 8.85. The number of methoxy groups -OCH3 is 1. The van der Waals surface area contributed by atoms with Crippen molar-refractivity contribution in [3.05, 3.63) is 23.3 Å². The lowest BCUT2D eigenvalue weighted by molar-refractivity contribution is -0.00917. The lowest BCUT2D eigenvalue weighted by Gasteiger charge is -2.25. The van der Waals surface area contributed by atoms with E-state index in [0.29, 0.717) is 0 Å². The quantitative estimate of drug-likeness (QED) is 0.849. The number of rotatable bonds is 4. The van der Waals surface area contributed by atoms with E-state index in [1.807, 2.05) is 20.8 Å². The molecule has 0 amide bonds. The fourth-order valence-corrected chi connectivity index (χ4v) is 1.57. The zero-order valence-corrected chi connectivity index (χ0v) is 10.7. The minimum atomic E-state index is -0.416. The topological polar surface area (TPSA) is 61.0 Å². The first kappa shape index (κ1) is 13.1. The van der Waals surface area contributed by atoms with Crippen molar-refractivity contribution in [2.75, 3.05) is 7.11 Å². The van der Waals surface area contributed by atoms with Crippen LogP contribution in [0.5, 0.6) is 0 Å². The van der Waals surface area contributed by atoms with Crippen molar-refractivity contribution in [1.29, 1.82) is 0 Å². The summed E-state index contributed by atoms with van der Waals surface area (Å²) in [6, 6.07) is -0.0375. The average Bonchev–Trinajstić information content (AvgIpc) is 2.27. The van der Waals surface area contributed by atoms with Crippen LogP contribution >= 0.6 is 0 Å². The Labute approximate surface area is 97.2 Å². The van der Waals surface area contributed by atoms with Gasteiger partial charge in [0.25, 0.3) is 0 Å². The van der Waals surface area contributed by atoms with E-state index < -0.39 is 5.60 Å². The molecule has 0 aliphatic carbocycles. The second-order valence-electron chi connectivity index (χ2n) is 4.31. The van der Waals surface area contributed by atoms with E-state index in [9.17, 15) is 0 Å². The van der Waals surface area contributed by atoms with Crippen LogP contribution in [0.4, 0.5) is 0 Å². The first-order chi connectivity index (χ1) is 7.44. The van der Waals surface area contributed by atoms with Gasteiger partial charge in [-0.15, -0.1) is 0 Å². The molecule has 16 heavy (non-hydrogen) atoms. The fourth-order valence-electron chi connectivity index (χ4n) is 1.57. The molecular weight excluding hydrogens is 202 g/mol. The molecule has 1 aromatic rings. The van der Waals surface area contributed by atoms with Gasteiger partial charge in [-0.05, 0) is 27.2 Å². The maximum atomic E-state index is 5.83. The summed E-state index contributed by atoms with van der Waals surface area (Å²) in [5, 5.41) is 0. The predicted octanol–water partition coefficient (Wildman–Crippen LogP) is 2.08. The molecule has 4 heteroatoms. The zero-order valence-electron chi connectivity index (χ0n) is 10.7. The standard InChI is InChI=1S/C12H21N3O/c1-6-12(4,16-5)11-14-7-10(8(2)13)9(3)15-11/h7-8H,6,13H2,1-5H3/t8-,12?/m0/s1. The van der Waals surface area contributed by atoms with Gasteiger partial charge in [0.05, 0.1) is 0 Å². The summed E-state index contributed by atoms with van der Waals surface area (Å²) in [6.07, 6.45) is 2.63. The van der Waals surface area contributed by atoms with Crippen LogP contribution < -0.4 is 5.73 Å². The van der Waals surface area contributed by atoms with Crippen molar-refractivity contribution in [2.45, 2.75) is 45.8 Å². The Kier molecular flexibility index (Phi) is 3.99. The zero-order chi connectivity index (χ0) is 12.3. The van der Waals surface area contributed by atoms with E-state index in [1.165, 1.54) is 0 Å². The molecular formula is C12H21N3O. The van der Waals surface area contributed by atoms with Gasteiger partial charge in [0.15, 0.2) is 5.82 Å². The highest BCUT2D eigenvalue weighted by Gasteiger charge is 2.27. The second kappa shape index (κ2) is 4.89. The van der Waals surface area contributed by atoms with E-state index in [1.54, 1.807) is 13.3 Å². The largest absolute Gasteiger partial charge is 0.371 e. The van der Waals surface area contributed by atoms with Gasteiger partial charge in [-0.2, -0.15) is 0 Å².